The molecule has 0 fully saturated rings. The second-order valence-corrected chi connectivity index (χ2v) is 6.31. The Morgan fingerprint density at radius 2 is 2.00 bits per heavy atom. The predicted molar refractivity (Wildman–Crippen MR) is 66.4 cm³/mol. The maximum atomic E-state index is 12.0. The first-order chi connectivity index (χ1) is 7.77. The van der Waals surface area contributed by atoms with Gasteiger partial charge in [-0.05, 0) is 26.3 Å². The molecular weight excluding hydrogens is 240 g/mol. The Kier molecular flexibility index (Phi) is 4.11. The lowest BCUT2D eigenvalue weighted by Crippen LogP contribution is -2.43. The van der Waals surface area contributed by atoms with Crippen LogP contribution in [0.3, 0.4) is 0 Å². The fraction of sp³-hybridized carbons (Fsp3) is 0.545. The van der Waals surface area contributed by atoms with Crippen LogP contribution in [0.2, 0.25) is 0 Å². The van der Waals surface area contributed by atoms with Gasteiger partial charge in [0.2, 0.25) is 15.6 Å². The highest BCUT2D eigenvalue weighted by atomic mass is 32.2. The van der Waals surface area contributed by atoms with Crippen LogP contribution in [0.25, 0.3) is 0 Å². The van der Waals surface area contributed by atoms with E-state index in [-0.39, 0.29) is 10.5 Å². The molecule has 1 rings (SSSR count). The summed E-state index contributed by atoms with van der Waals surface area (Å²) in [5, 5.41) is 0. The van der Waals surface area contributed by atoms with Crippen LogP contribution in [-0.2, 0) is 10.0 Å². The van der Waals surface area contributed by atoms with E-state index < -0.39 is 15.6 Å². The van der Waals surface area contributed by atoms with E-state index in [2.05, 4.69) is 9.71 Å². The first kappa shape index (κ1) is 13.9. The maximum absolute atomic E-state index is 12.0. The van der Waals surface area contributed by atoms with Gasteiger partial charge in [0.15, 0.2) is 0 Å². The minimum Gasteiger partial charge on any atom is -0.328 e. The molecule has 96 valence electrons. The normalized spacial score (nSPS) is 12.6. The molecule has 17 heavy (non-hydrogen) atoms. The molecule has 0 spiro atoms. The fourth-order valence-corrected chi connectivity index (χ4v) is 3.07. The van der Waals surface area contributed by atoms with Crippen LogP contribution >= 0.6 is 0 Å². The second kappa shape index (κ2) is 5.01. The molecule has 1 aromatic heterocycles. The van der Waals surface area contributed by atoms with E-state index in [4.69, 9.17) is 0 Å². The summed E-state index contributed by atoms with van der Waals surface area (Å²) in [7, 11) is -3.58. The van der Waals surface area contributed by atoms with Gasteiger partial charge < -0.3 is 4.98 Å². The largest absolute Gasteiger partial charge is 0.328 e. The number of sulfonamides is 1. The summed E-state index contributed by atoms with van der Waals surface area (Å²) < 4.78 is 26.6. The fourth-order valence-electron chi connectivity index (χ4n) is 1.66. The van der Waals surface area contributed by atoms with Crippen molar-refractivity contribution in [3.63, 3.8) is 0 Å². The van der Waals surface area contributed by atoms with E-state index >= 15 is 0 Å². The average Bonchev–Trinajstić information content (AvgIpc) is 2.16. The minimum absolute atomic E-state index is 0.0706. The maximum Gasteiger partial charge on any atom is 0.247 e. The third-order valence-corrected chi connectivity index (χ3v) is 4.05. The smallest absolute Gasteiger partial charge is 0.247 e. The molecule has 0 aliphatic rings. The molecule has 0 atom stereocenters. The summed E-state index contributed by atoms with van der Waals surface area (Å²) in [6.45, 7) is 5.66. The number of rotatable bonds is 5. The number of aromatic nitrogens is 1. The molecule has 0 aliphatic heterocycles. The van der Waals surface area contributed by atoms with Crippen molar-refractivity contribution >= 4 is 10.0 Å². The molecule has 0 radical (unpaired) electrons. The third-order valence-electron chi connectivity index (χ3n) is 2.35. The summed E-state index contributed by atoms with van der Waals surface area (Å²) in [5.41, 5.74) is -0.819. The van der Waals surface area contributed by atoms with Gasteiger partial charge in [-0.2, -0.15) is 0 Å². The van der Waals surface area contributed by atoms with E-state index in [0.717, 1.165) is 12.8 Å². The van der Waals surface area contributed by atoms with Gasteiger partial charge in [-0.1, -0.05) is 13.3 Å². The van der Waals surface area contributed by atoms with Crippen LogP contribution < -0.4 is 10.3 Å². The SMILES string of the molecule is CCCC(C)(C)NS(=O)(=O)c1ccc(=O)[nH]c1. The number of aromatic amines is 1. The highest BCUT2D eigenvalue weighted by molar-refractivity contribution is 7.89. The highest BCUT2D eigenvalue weighted by Gasteiger charge is 2.25. The molecule has 2 N–H and O–H groups in total. The Bertz CT molecular complexity index is 511. The first-order valence-corrected chi connectivity index (χ1v) is 6.98. The molecule has 0 unspecified atom stereocenters. The van der Waals surface area contributed by atoms with Crippen molar-refractivity contribution in [3.8, 4) is 0 Å². The zero-order valence-corrected chi connectivity index (χ0v) is 11.1. The zero-order chi connectivity index (χ0) is 13.1. The van der Waals surface area contributed by atoms with Crippen molar-refractivity contribution in [2.45, 2.75) is 44.0 Å². The highest BCUT2D eigenvalue weighted by Crippen LogP contribution is 2.15. The van der Waals surface area contributed by atoms with Gasteiger partial charge in [0.05, 0.1) is 4.90 Å². The molecular formula is C11H18N2O3S. The minimum atomic E-state index is -3.58. The van der Waals surface area contributed by atoms with Gasteiger partial charge in [-0.3, -0.25) is 4.79 Å². The van der Waals surface area contributed by atoms with Crippen LogP contribution in [0, 0.1) is 0 Å². The van der Waals surface area contributed by atoms with Gasteiger partial charge >= 0.3 is 0 Å². The van der Waals surface area contributed by atoms with Crippen molar-refractivity contribution in [2.24, 2.45) is 0 Å². The van der Waals surface area contributed by atoms with Crippen molar-refractivity contribution in [3.05, 3.63) is 28.7 Å². The lowest BCUT2D eigenvalue weighted by atomic mass is 10.0. The van der Waals surface area contributed by atoms with Gasteiger partial charge in [0, 0.05) is 17.8 Å². The lowest BCUT2D eigenvalue weighted by Gasteiger charge is -2.25. The summed E-state index contributed by atoms with van der Waals surface area (Å²) in [4.78, 5) is 13.3. The number of hydrogen-bond acceptors (Lipinski definition) is 3. The van der Waals surface area contributed by atoms with E-state index in [1.807, 2.05) is 20.8 Å². The van der Waals surface area contributed by atoms with Crippen molar-refractivity contribution in [1.29, 1.82) is 0 Å². The number of hydrogen-bond donors (Lipinski definition) is 2. The van der Waals surface area contributed by atoms with Crippen LogP contribution in [0.4, 0.5) is 0 Å². The average molecular weight is 258 g/mol. The van der Waals surface area contributed by atoms with Crippen molar-refractivity contribution in [1.82, 2.24) is 9.71 Å². The van der Waals surface area contributed by atoms with Gasteiger partial charge in [0.25, 0.3) is 0 Å². The lowest BCUT2D eigenvalue weighted by molar-refractivity contribution is 0.417. The van der Waals surface area contributed by atoms with Gasteiger partial charge in [-0.25, -0.2) is 13.1 Å². The standard InChI is InChI=1S/C11H18N2O3S/c1-4-7-11(2,3)13-17(15,16)9-5-6-10(14)12-8-9/h5-6,8,13H,4,7H2,1-3H3,(H,12,14). The Labute approximate surface area is 101 Å². The molecule has 6 heteroatoms. The molecule has 0 aliphatic carbocycles. The molecule has 5 nitrogen and oxygen atoms in total. The monoisotopic (exact) mass is 258 g/mol. The number of pyridine rings is 1. The van der Waals surface area contributed by atoms with Crippen LogP contribution in [0.5, 0.6) is 0 Å². The van der Waals surface area contributed by atoms with E-state index in [1.54, 1.807) is 0 Å². The summed E-state index contributed by atoms with van der Waals surface area (Å²) >= 11 is 0. The quantitative estimate of drug-likeness (QED) is 0.833. The first-order valence-electron chi connectivity index (χ1n) is 5.49. The van der Waals surface area contributed by atoms with Crippen molar-refractivity contribution < 1.29 is 8.42 Å². The Hall–Kier alpha value is -1.14. The molecule has 0 amide bonds. The van der Waals surface area contributed by atoms with E-state index in [0.29, 0.717) is 0 Å². The topological polar surface area (TPSA) is 79.0 Å². The molecule has 1 aromatic rings. The zero-order valence-electron chi connectivity index (χ0n) is 10.3. The Morgan fingerprint density at radius 1 is 1.35 bits per heavy atom. The summed E-state index contributed by atoms with van der Waals surface area (Å²) in [5.74, 6) is 0. The molecule has 0 saturated heterocycles. The Balaban J connectivity index is 2.97. The summed E-state index contributed by atoms with van der Waals surface area (Å²) in [6, 6.07) is 2.49. The Morgan fingerprint density at radius 3 is 2.47 bits per heavy atom. The van der Waals surface area contributed by atoms with Gasteiger partial charge in [0.1, 0.15) is 0 Å². The van der Waals surface area contributed by atoms with E-state index in [9.17, 15) is 13.2 Å². The van der Waals surface area contributed by atoms with Crippen LogP contribution in [-0.4, -0.2) is 18.9 Å². The van der Waals surface area contributed by atoms with Crippen LogP contribution in [0.15, 0.2) is 28.0 Å². The second-order valence-electron chi connectivity index (χ2n) is 4.63. The van der Waals surface area contributed by atoms with Gasteiger partial charge in [-0.15, -0.1) is 0 Å². The molecule has 0 saturated carbocycles. The molecule has 0 aromatic carbocycles. The summed E-state index contributed by atoms with van der Waals surface area (Å²) in [6.07, 6.45) is 2.84. The molecule has 1 heterocycles. The van der Waals surface area contributed by atoms with E-state index in [1.165, 1.54) is 18.3 Å². The predicted octanol–water partition coefficient (Wildman–Crippen LogP) is 1.23. The third kappa shape index (κ3) is 3.98. The van der Waals surface area contributed by atoms with Crippen LogP contribution in [0.1, 0.15) is 33.6 Å². The number of H-pyrrole nitrogens is 1. The van der Waals surface area contributed by atoms with Crippen molar-refractivity contribution in [2.75, 3.05) is 0 Å². The molecule has 0 bridgehead atoms. The number of nitrogens with one attached hydrogen (secondary N) is 2.